The van der Waals surface area contributed by atoms with Crippen molar-refractivity contribution in [2.45, 2.75) is 24.8 Å². The molecule has 2 aliphatic heterocycles. The minimum absolute atomic E-state index is 0.00804. The van der Waals surface area contributed by atoms with E-state index in [1.807, 2.05) is 24.3 Å². The maximum absolute atomic E-state index is 12.4. The molecule has 5 nitrogen and oxygen atoms in total. The fourth-order valence-corrected chi connectivity index (χ4v) is 3.10. The van der Waals surface area contributed by atoms with Crippen LogP contribution in [0.5, 0.6) is 0 Å². The van der Waals surface area contributed by atoms with Gasteiger partial charge in [0, 0.05) is 24.4 Å². The standard InChI is InChI=1S/C16H18N2O3/c1-2-21-14(19)8-7-11-9-16(10-17-11)12-5-3-4-6-13(12)18-15(16)20/h3-8,11,17H,2,9-10H2,1H3,(H,18,20)/b8-7+/t11-,16+/m1/s1. The van der Waals surface area contributed by atoms with Crippen LogP contribution in [0.25, 0.3) is 0 Å². The Morgan fingerprint density at radius 2 is 2.29 bits per heavy atom. The highest BCUT2D eigenvalue weighted by atomic mass is 16.5. The highest BCUT2D eigenvalue weighted by molar-refractivity contribution is 6.06. The van der Waals surface area contributed by atoms with Gasteiger partial charge >= 0.3 is 5.97 Å². The van der Waals surface area contributed by atoms with E-state index in [1.54, 1.807) is 13.0 Å². The highest BCUT2D eigenvalue weighted by Crippen LogP contribution is 2.43. The Labute approximate surface area is 123 Å². The maximum Gasteiger partial charge on any atom is 0.330 e. The predicted molar refractivity (Wildman–Crippen MR) is 78.9 cm³/mol. The van der Waals surface area contributed by atoms with E-state index in [1.165, 1.54) is 6.08 Å². The van der Waals surface area contributed by atoms with Crippen LogP contribution in [0.3, 0.4) is 0 Å². The number of amides is 1. The first kappa shape index (κ1) is 13.8. The summed E-state index contributed by atoms with van der Waals surface area (Å²) in [5.74, 6) is -0.320. The third-order valence-corrected chi connectivity index (χ3v) is 4.11. The van der Waals surface area contributed by atoms with Crippen molar-refractivity contribution in [2.24, 2.45) is 0 Å². The van der Waals surface area contributed by atoms with Gasteiger partial charge in [0.1, 0.15) is 0 Å². The van der Waals surface area contributed by atoms with Crippen molar-refractivity contribution in [1.29, 1.82) is 0 Å². The van der Waals surface area contributed by atoms with Gasteiger partial charge in [0.2, 0.25) is 5.91 Å². The van der Waals surface area contributed by atoms with Gasteiger partial charge in [-0.25, -0.2) is 4.79 Å². The Morgan fingerprint density at radius 1 is 1.48 bits per heavy atom. The molecule has 0 aliphatic carbocycles. The smallest absolute Gasteiger partial charge is 0.330 e. The largest absolute Gasteiger partial charge is 0.463 e. The van der Waals surface area contributed by atoms with Crippen molar-refractivity contribution >= 4 is 17.6 Å². The van der Waals surface area contributed by atoms with Gasteiger partial charge in [-0.05, 0) is 25.0 Å². The Balaban J connectivity index is 1.77. The normalized spacial score (nSPS) is 27.1. The molecule has 2 heterocycles. The molecule has 21 heavy (non-hydrogen) atoms. The lowest BCUT2D eigenvalue weighted by molar-refractivity contribution is -0.137. The average molecular weight is 286 g/mol. The number of fused-ring (bicyclic) bond motifs is 2. The summed E-state index contributed by atoms with van der Waals surface area (Å²) in [6, 6.07) is 7.77. The minimum Gasteiger partial charge on any atom is -0.463 e. The van der Waals surface area contributed by atoms with E-state index in [-0.39, 0.29) is 17.9 Å². The van der Waals surface area contributed by atoms with Crippen molar-refractivity contribution in [3.05, 3.63) is 42.0 Å². The van der Waals surface area contributed by atoms with Crippen LogP contribution in [0.4, 0.5) is 5.69 Å². The molecule has 1 aromatic rings. The van der Waals surface area contributed by atoms with Crippen LogP contribution in [0.15, 0.2) is 36.4 Å². The SMILES string of the molecule is CCOC(=O)/C=C/[C@@H]1C[C@@]2(CN1)C(=O)Nc1ccccc12. The molecule has 2 aliphatic rings. The molecule has 0 aromatic heterocycles. The molecule has 0 bridgehead atoms. The molecule has 1 aromatic carbocycles. The molecule has 0 unspecified atom stereocenters. The molecule has 2 N–H and O–H groups in total. The van der Waals surface area contributed by atoms with Gasteiger partial charge in [0.25, 0.3) is 0 Å². The summed E-state index contributed by atoms with van der Waals surface area (Å²) in [5, 5.41) is 6.24. The van der Waals surface area contributed by atoms with Gasteiger partial charge in [-0.15, -0.1) is 0 Å². The van der Waals surface area contributed by atoms with Crippen LogP contribution >= 0.6 is 0 Å². The fraction of sp³-hybridized carbons (Fsp3) is 0.375. The molecule has 1 fully saturated rings. The molecule has 1 saturated heterocycles. The van der Waals surface area contributed by atoms with Crippen LogP contribution in [0.1, 0.15) is 18.9 Å². The number of hydrogen-bond donors (Lipinski definition) is 2. The average Bonchev–Trinajstić information content (AvgIpc) is 3.02. The van der Waals surface area contributed by atoms with Crippen molar-refractivity contribution in [3.63, 3.8) is 0 Å². The van der Waals surface area contributed by atoms with E-state index in [9.17, 15) is 9.59 Å². The van der Waals surface area contributed by atoms with E-state index in [0.29, 0.717) is 19.6 Å². The third kappa shape index (κ3) is 2.34. The number of para-hydroxylation sites is 1. The first-order valence-electron chi connectivity index (χ1n) is 7.15. The topological polar surface area (TPSA) is 67.4 Å². The van der Waals surface area contributed by atoms with Crippen molar-refractivity contribution in [3.8, 4) is 0 Å². The van der Waals surface area contributed by atoms with Gasteiger partial charge in [-0.3, -0.25) is 4.79 Å². The van der Waals surface area contributed by atoms with Gasteiger partial charge in [-0.2, -0.15) is 0 Å². The Kier molecular flexibility index (Phi) is 3.51. The molecule has 5 heteroatoms. The molecule has 3 rings (SSSR count). The predicted octanol–water partition coefficient (Wildman–Crippen LogP) is 1.36. The zero-order valence-corrected chi connectivity index (χ0v) is 11.9. The summed E-state index contributed by atoms with van der Waals surface area (Å²) >= 11 is 0. The van der Waals surface area contributed by atoms with Crippen LogP contribution < -0.4 is 10.6 Å². The lowest BCUT2D eigenvalue weighted by Crippen LogP contribution is -2.36. The van der Waals surface area contributed by atoms with Crippen LogP contribution in [-0.2, 0) is 19.7 Å². The van der Waals surface area contributed by atoms with Gasteiger partial charge < -0.3 is 15.4 Å². The molecule has 1 amide bonds. The summed E-state index contributed by atoms with van der Waals surface area (Å²) in [4.78, 5) is 23.7. The maximum atomic E-state index is 12.4. The summed E-state index contributed by atoms with van der Waals surface area (Å²) in [5.41, 5.74) is 1.40. The van der Waals surface area contributed by atoms with Crippen molar-refractivity contribution in [1.82, 2.24) is 5.32 Å². The number of hydrogen-bond acceptors (Lipinski definition) is 4. The van der Waals surface area contributed by atoms with E-state index in [2.05, 4.69) is 10.6 Å². The lowest BCUT2D eigenvalue weighted by atomic mass is 9.79. The molecule has 2 atom stereocenters. The number of carbonyl (C=O) groups excluding carboxylic acids is 2. The van der Waals surface area contributed by atoms with E-state index < -0.39 is 5.41 Å². The first-order chi connectivity index (χ1) is 10.2. The summed E-state index contributed by atoms with van der Waals surface area (Å²) < 4.78 is 4.86. The van der Waals surface area contributed by atoms with Gasteiger partial charge in [-0.1, -0.05) is 24.3 Å². The summed E-state index contributed by atoms with van der Waals surface area (Å²) in [7, 11) is 0. The number of nitrogens with one attached hydrogen (secondary N) is 2. The Morgan fingerprint density at radius 3 is 3.10 bits per heavy atom. The second-order valence-electron chi connectivity index (χ2n) is 5.38. The zero-order valence-electron chi connectivity index (χ0n) is 11.9. The molecule has 1 spiro atoms. The van der Waals surface area contributed by atoms with Gasteiger partial charge in [0.15, 0.2) is 0 Å². The number of ether oxygens (including phenoxy) is 1. The number of carbonyl (C=O) groups is 2. The lowest BCUT2D eigenvalue weighted by Gasteiger charge is -2.19. The monoisotopic (exact) mass is 286 g/mol. The molecule has 0 saturated carbocycles. The van der Waals surface area contributed by atoms with Crippen LogP contribution in [-0.4, -0.2) is 31.1 Å². The minimum atomic E-state index is -0.528. The fourth-order valence-electron chi connectivity index (χ4n) is 3.10. The van der Waals surface area contributed by atoms with E-state index >= 15 is 0 Å². The van der Waals surface area contributed by atoms with Crippen molar-refractivity contribution < 1.29 is 14.3 Å². The van der Waals surface area contributed by atoms with E-state index in [4.69, 9.17) is 4.74 Å². The summed E-state index contributed by atoms with van der Waals surface area (Å²) in [6.07, 6.45) is 3.85. The summed E-state index contributed by atoms with van der Waals surface area (Å²) in [6.45, 7) is 2.71. The van der Waals surface area contributed by atoms with Gasteiger partial charge in [0.05, 0.1) is 12.0 Å². The van der Waals surface area contributed by atoms with Crippen LogP contribution in [0, 0.1) is 0 Å². The number of rotatable bonds is 3. The zero-order chi connectivity index (χ0) is 14.9. The first-order valence-corrected chi connectivity index (χ1v) is 7.15. The molecule has 0 radical (unpaired) electrons. The molecular formula is C16H18N2O3. The third-order valence-electron chi connectivity index (χ3n) is 4.11. The Hall–Kier alpha value is -2.14. The second kappa shape index (κ2) is 5.33. The number of anilines is 1. The second-order valence-corrected chi connectivity index (χ2v) is 5.38. The molecule has 110 valence electrons. The van der Waals surface area contributed by atoms with Crippen LogP contribution in [0.2, 0.25) is 0 Å². The van der Waals surface area contributed by atoms with Crippen molar-refractivity contribution in [2.75, 3.05) is 18.5 Å². The quantitative estimate of drug-likeness (QED) is 0.650. The number of benzene rings is 1. The highest BCUT2D eigenvalue weighted by Gasteiger charge is 2.50. The molecular weight excluding hydrogens is 268 g/mol. The van der Waals surface area contributed by atoms with E-state index in [0.717, 1.165) is 11.3 Å². The number of esters is 1. The Bertz CT molecular complexity index is 611.